The van der Waals surface area contributed by atoms with Crippen LogP contribution in [0, 0.1) is 0 Å². The summed E-state index contributed by atoms with van der Waals surface area (Å²) in [6.45, 7) is 0. The maximum atomic E-state index is 5.80. The molecule has 0 aromatic heterocycles. The number of ether oxygens (including phenoxy) is 1. The molecule has 18 heavy (non-hydrogen) atoms. The molecule has 0 saturated heterocycles. The molecule has 0 amide bonds. The first-order valence-corrected chi connectivity index (χ1v) is 7.99. The fourth-order valence-electron chi connectivity index (χ4n) is 1.38. The largest absolute Gasteiger partial charge is 0.456 e. The topological polar surface area (TPSA) is 9.23 Å². The number of benzene rings is 2. The third-order valence-electron chi connectivity index (χ3n) is 2.29. The lowest BCUT2D eigenvalue weighted by atomic mass is 10.2. The Morgan fingerprint density at radius 2 is 1.72 bits per heavy atom. The Bertz CT molecular complexity index is 572. The van der Waals surface area contributed by atoms with Crippen LogP contribution in [0.1, 0.15) is 5.56 Å². The number of hydrogen-bond acceptors (Lipinski definition) is 1. The molecule has 5 heteroatoms. The van der Waals surface area contributed by atoms with E-state index in [1.54, 1.807) is 0 Å². The molecular formula is C13H8Br3ClO. The lowest BCUT2D eigenvalue weighted by Crippen LogP contribution is -1.87. The molecule has 2 rings (SSSR count). The Balaban J connectivity index is 2.26. The summed E-state index contributed by atoms with van der Waals surface area (Å²) in [5.74, 6) is 2.01. The van der Waals surface area contributed by atoms with Crippen LogP contribution in [0.4, 0.5) is 0 Å². The Morgan fingerprint density at radius 1 is 0.944 bits per heavy atom. The van der Waals surface area contributed by atoms with Crippen LogP contribution in [0.5, 0.6) is 11.5 Å². The van der Waals surface area contributed by atoms with Gasteiger partial charge in [0.05, 0.1) is 4.47 Å². The highest BCUT2D eigenvalue weighted by molar-refractivity contribution is 9.11. The quantitative estimate of drug-likeness (QED) is 0.480. The van der Waals surface area contributed by atoms with Crippen molar-refractivity contribution in [1.82, 2.24) is 0 Å². The van der Waals surface area contributed by atoms with E-state index in [0.717, 1.165) is 30.5 Å². The van der Waals surface area contributed by atoms with Gasteiger partial charge in [-0.15, -0.1) is 11.6 Å². The van der Waals surface area contributed by atoms with Gasteiger partial charge in [0.2, 0.25) is 0 Å². The molecule has 0 aliphatic heterocycles. The zero-order chi connectivity index (χ0) is 13.1. The zero-order valence-corrected chi connectivity index (χ0v) is 14.6. The van der Waals surface area contributed by atoms with Crippen molar-refractivity contribution in [2.75, 3.05) is 0 Å². The molecule has 0 atom stereocenters. The highest BCUT2D eigenvalue weighted by Gasteiger charge is 2.05. The highest BCUT2D eigenvalue weighted by atomic mass is 79.9. The van der Waals surface area contributed by atoms with Crippen molar-refractivity contribution in [1.29, 1.82) is 0 Å². The molecule has 0 unspecified atom stereocenters. The van der Waals surface area contributed by atoms with E-state index in [9.17, 15) is 0 Å². The van der Waals surface area contributed by atoms with Gasteiger partial charge in [-0.25, -0.2) is 0 Å². The second-order valence-corrected chi connectivity index (χ2v) is 6.46. The van der Waals surface area contributed by atoms with E-state index in [2.05, 4.69) is 47.8 Å². The van der Waals surface area contributed by atoms with Crippen LogP contribution in [0.15, 0.2) is 49.8 Å². The normalized spacial score (nSPS) is 10.4. The van der Waals surface area contributed by atoms with Gasteiger partial charge in [0, 0.05) is 14.8 Å². The molecule has 0 saturated carbocycles. The van der Waals surface area contributed by atoms with Gasteiger partial charge in [-0.05, 0) is 51.8 Å². The van der Waals surface area contributed by atoms with E-state index in [1.165, 1.54) is 0 Å². The van der Waals surface area contributed by atoms with Crippen LogP contribution in [-0.4, -0.2) is 0 Å². The van der Waals surface area contributed by atoms with Crippen molar-refractivity contribution in [2.45, 2.75) is 5.88 Å². The maximum absolute atomic E-state index is 5.80. The Hall–Kier alpha value is -0.0300. The number of halogens is 4. The van der Waals surface area contributed by atoms with Crippen molar-refractivity contribution in [2.24, 2.45) is 0 Å². The summed E-state index contributed by atoms with van der Waals surface area (Å²) in [7, 11) is 0. The maximum Gasteiger partial charge on any atom is 0.141 e. The minimum atomic E-state index is 0.475. The fraction of sp³-hybridized carbons (Fsp3) is 0.0769. The summed E-state index contributed by atoms with van der Waals surface area (Å²) in [6.07, 6.45) is 0. The van der Waals surface area contributed by atoms with Crippen LogP contribution in [0.3, 0.4) is 0 Å². The van der Waals surface area contributed by atoms with Gasteiger partial charge < -0.3 is 4.74 Å². The fourth-order valence-corrected chi connectivity index (χ4v) is 3.41. The van der Waals surface area contributed by atoms with Gasteiger partial charge in [-0.3, -0.25) is 0 Å². The van der Waals surface area contributed by atoms with Crippen LogP contribution < -0.4 is 4.74 Å². The van der Waals surface area contributed by atoms with E-state index >= 15 is 0 Å². The number of rotatable bonds is 3. The summed E-state index contributed by atoms with van der Waals surface area (Å²) in [5.41, 5.74) is 1.04. The summed E-state index contributed by atoms with van der Waals surface area (Å²) < 4.78 is 8.65. The minimum Gasteiger partial charge on any atom is -0.456 e. The van der Waals surface area contributed by atoms with Crippen LogP contribution >= 0.6 is 59.4 Å². The highest BCUT2D eigenvalue weighted by Crippen LogP contribution is 2.33. The van der Waals surface area contributed by atoms with Crippen molar-refractivity contribution >= 4 is 59.4 Å². The van der Waals surface area contributed by atoms with E-state index in [-0.39, 0.29) is 0 Å². The molecule has 1 nitrogen and oxygen atoms in total. The molecule has 2 aromatic carbocycles. The van der Waals surface area contributed by atoms with Crippen molar-refractivity contribution in [3.8, 4) is 11.5 Å². The summed E-state index contributed by atoms with van der Waals surface area (Å²) in [6, 6.07) is 11.5. The van der Waals surface area contributed by atoms with E-state index in [4.69, 9.17) is 16.3 Å². The number of alkyl halides is 1. The summed E-state index contributed by atoms with van der Waals surface area (Å²) in [4.78, 5) is 0. The van der Waals surface area contributed by atoms with Gasteiger partial charge in [-0.1, -0.05) is 37.9 Å². The van der Waals surface area contributed by atoms with E-state index < -0.39 is 0 Å². The van der Waals surface area contributed by atoms with Crippen LogP contribution in [0.25, 0.3) is 0 Å². The standard InChI is InChI=1S/C13H8Br3ClO/c14-9-2-4-13(12(16)5-9)18-10-3-1-8(7-17)11(15)6-10/h1-6H,7H2. The lowest BCUT2D eigenvalue weighted by molar-refractivity contribution is 0.479. The smallest absolute Gasteiger partial charge is 0.141 e. The molecular weight excluding hydrogens is 447 g/mol. The van der Waals surface area contributed by atoms with Gasteiger partial charge >= 0.3 is 0 Å². The molecule has 0 aliphatic carbocycles. The first kappa shape index (κ1) is 14.4. The Kier molecular flexibility index (Phi) is 5.13. The molecule has 0 heterocycles. The average molecular weight is 455 g/mol. The third-order valence-corrected chi connectivity index (χ3v) is 4.43. The number of hydrogen-bond donors (Lipinski definition) is 0. The molecule has 0 aliphatic rings. The van der Waals surface area contributed by atoms with E-state index in [1.807, 2.05) is 36.4 Å². The minimum absolute atomic E-state index is 0.475. The predicted octanol–water partition coefficient (Wildman–Crippen LogP) is 6.51. The summed E-state index contributed by atoms with van der Waals surface area (Å²) >= 11 is 16.1. The second kappa shape index (κ2) is 6.42. The Labute approximate surface area is 136 Å². The molecule has 0 radical (unpaired) electrons. The molecule has 2 aromatic rings. The lowest BCUT2D eigenvalue weighted by Gasteiger charge is -2.09. The molecule has 0 spiro atoms. The average Bonchev–Trinajstić information content (AvgIpc) is 2.33. The van der Waals surface area contributed by atoms with Gasteiger partial charge in [0.1, 0.15) is 11.5 Å². The van der Waals surface area contributed by atoms with Crippen molar-refractivity contribution in [3.05, 3.63) is 55.4 Å². The SMILES string of the molecule is ClCc1ccc(Oc2ccc(Br)cc2Br)cc1Br. The molecule has 0 fully saturated rings. The monoisotopic (exact) mass is 452 g/mol. The van der Waals surface area contributed by atoms with Crippen molar-refractivity contribution in [3.63, 3.8) is 0 Å². The predicted molar refractivity (Wildman–Crippen MR) is 85.6 cm³/mol. The summed E-state index contributed by atoms with van der Waals surface area (Å²) in [5, 5.41) is 0. The van der Waals surface area contributed by atoms with Crippen LogP contribution in [-0.2, 0) is 5.88 Å². The van der Waals surface area contributed by atoms with Crippen LogP contribution in [0.2, 0.25) is 0 Å². The second-order valence-electron chi connectivity index (χ2n) is 3.56. The van der Waals surface area contributed by atoms with Gasteiger partial charge in [0.15, 0.2) is 0 Å². The zero-order valence-electron chi connectivity index (χ0n) is 9.09. The van der Waals surface area contributed by atoms with E-state index in [0.29, 0.717) is 5.88 Å². The Morgan fingerprint density at radius 3 is 2.33 bits per heavy atom. The molecule has 0 bridgehead atoms. The van der Waals surface area contributed by atoms with Gasteiger partial charge in [0.25, 0.3) is 0 Å². The van der Waals surface area contributed by atoms with Crippen molar-refractivity contribution < 1.29 is 4.74 Å². The molecule has 94 valence electrons. The first-order valence-electron chi connectivity index (χ1n) is 5.07. The third kappa shape index (κ3) is 3.50. The first-order chi connectivity index (χ1) is 8.60. The molecule has 0 N–H and O–H groups in total. The van der Waals surface area contributed by atoms with Gasteiger partial charge in [-0.2, -0.15) is 0 Å².